The number of carbonyl (C=O) groups is 1. The van der Waals surface area contributed by atoms with Crippen LogP contribution in [0.5, 0.6) is 5.88 Å². The Morgan fingerprint density at radius 2 is 1.85 bits per heavy atom. The zero-order valence-corrected chi connectivity index (χ0v) is 14.8. The molecule has 0 aliphatic carbocycles. The number of rotatable bonds is 2. The van der Waals surface area contributed by atoms with Gasteiger partial charge < -0.3 is 5.11 Å². The standard InChI is InChI=1S/C18H18N4O4/c1-9-5-6-14(10(2)7-9)22-17(25)12(11(3)20-22)8-13-15(23)19-18(26)21(4)16(13)24/h5-8,24H,1-4H3,(H,19,23,26). The summed E-state index contributed by atoms with van der Waals surface area (Å²) in [6.07, 6.45) is 1.25. The van der Waals surface area contributed by atoms with E-state index in [-0.39, 0.29) is 11.1 Å². The first-order valence-corrected chi connectivity index (χ1v) is 7.92. The highest BCUT2D eigenvalue weighted by molar-refractivity contribution is 6.32. The number of hydrazone groups is 1. The van der Waals surface area contributed by atoms with E-state index < -0.39 is 23.0 Å². The summed E-state index contributed by atoms with van der Waals surface area (Å²) in [6, 6.07) is 5.63. The molecule has 0 saturated heterocycles. The molecule has 1 amide bonds. The lowest BCUT2D eigenvalue weighted by atomic mass is 10.1. The van der Waals surface area contributed by atoms with Crippen molar-refractivity contribution >= 4 is 23.4 Å². The number of anilines is 1. The third-order valence-electron chi connectivity index (χ3n) is 4.26. The minimum atomic E-state index is -0.774. The Kier molecular flexibility index (Phi) is 4.11. The molecular formula is C18H18N4O4. The molecule has 26 heavy (non-hydrogen) atoms. The first-order valence-electron chi connectivity index (χ1n) is 7.92. The number of nitrogens with zero attached hydrogens (tertiary/aromatic N) is 3. The summed E-state index contributed by atoms with van der Waals surface area (Å²) >= 11 is 0. The Balaban J connectivity index is 2.10. The van der Waals surface area contributed by atoms with Gasteiger partial charge in [-0.2, -0.15) is 10.1 Å². The summed E-state index contributed by atoms with van der Waals surface area (Å²) in [7, 11) is 1.31. The fourth-order valence-corrected chi connectivity index (χ4v) is 2.79. The van der Waals surface area contributed by atoms with Crippen molar-refractivity contribution in [3.8, 4) is 5.88 Å². The summed E-state index contributed by atoms with van der Waals surface area (Å²) in [6.45, 7) is 5.48. The van der Waals surface area contributed by atoms with Gasteiger partial charge in [-0.05, 0) is 38.5 Å². The number of aromatic hydroxyl groups is 1. The van der Waals surface area contributed by atoms with E-state index in [4.69, 9.17) is 0 Å². The number of H-pyrrole nitrogens is 1. The van der Waals surface area contributed by atoms with E-state index in [9.17, 15) is 19.5 Å². The summed E-state index contributed by atoms with van der Waals surface area (Å²) < 4.78 is 0.890. The minimum Gasteiger partial charge on any atom is -0.494 e. The average Bonchev–Trinajstić information content (AvgIpc) is 2.84. The molecule has 134 valence electrons. The molecule has 8 nitrogen and oxygen atoms in total. The number of nitrogens with one attached hydrogen (secondary N) is 1. The van der Waals surface area contributed by atoms with Gasteiger partial charge in [0.05, 0.1) is 17.0 Å². The smallest absolute Gasteiger partial charge is 0.330 e. The molecule has 1 aliphatic rings. The third-order valence-corrected chi connectivity index (χ3v) is 4.26. The average molecular weight is 354 g/mol. The van der Waals surface area contributed by atoms with Gasteiger partial charge in [-0.3, -0.25) is 19.1 Å². The molecule has 0 spiro atoms. The predicted molar refractivity (Wildman–Crippen MR) is 98.5 cm³/mol. The van der Waals surface area contributed by atoms with Crippen LogP contribution in [-0.2, 0) is 11.8 Å². The highest BCUT2D eigenvalue weighted by atomic mass is 16.3. The van der Waals surface area contributed by atoms with Gasteiger partial charge in [-0.15, -0.1) is 0 Å². The maximum atomic E-state index is 12.8. The van der Waals surface area contributed by atoms with Crippen LogP contribution < -0.4 is 16.3 Å². The summed E-state index contributed by atoms with van der Waals surface area (Å²) in [5.41, 5.74) is 1.48. The zero-order chi connectivity index (χ0) is 19.2. The second-order valence-corrected chi connectivity index (χ2v) is 6.21. The first-order chi connectivity index (χ1) is 12.2. The van der Waals surface area contributed by atoms with Gasteiger partial charge in [0.2, 0.25) is 5.88 Å². The molecule has 0 radical (unpaired) electrons. The van der Waals surface area contributed by atoms with Crippen molar-refractivity contribution in [2.45, 2.75) is 20.8 Å². The Morgan fingerprint density at radius 1 is 1.15 bits per heavy atom. The van der Waals surface area contributed by atoms with Gasteiger partial charge in [0.1, 0.15) is 5.56 Å². The highest BCUT2D eigenvalue weighted by Gasteiger charge is 2.30. The second-order valence-electron chi connectivity index (χ2n) is 6.21. The normalized spacial score (nSPS) is 15.7. The van der Waals surface area contributed by atoms with E-state index in [1.54, 1.807) is 13.0 Å². The topological polar surface area (TPSA) is 108 Å². The molecule has 0 fully saturated rings. The van der Waals surface area contributed by atoms with Crippen LogP contribution in [0.25, 0.3) is 6.08 Å². The lowest BCUT2D eigenvalue weighted by Crippen LogP contribution is -2.30. The molecule has 8 heteroatoms. The molecule has 3 rings (SSSR count). The van der Waals surface area contributed by atoms with Crippen molar-refractivity contribution in [1.29, 1.82) is 0 Å². The third kappa shape index (κ3) is 2.75. The second kappa shape index (κ2) is 6.14. The molecule has 0 saturated carbocycles. The van der Waals surface area contributed by atoms with Crippen LogP contribution >= 0.6 is 0 Å². The van der Waals surface area contributed by atoms with Crippen molar-refractivity contribution in [3.05, 3.63) is 61.3 Å². The lowest BCUT2D eigenvalue weighted by molar-refractivity contribution is -0.114. The van der Waals surface area contributed by atoms with Gasteiger partial charge >= 0.3 is 5.69 Å². The van der Waals surface area contributed by atoms with Crippen LogP contribution in [0.2, 0.25) is 0 Å². The van der Waals surface area contributed by atoms with Crippen LogP contribution in [0.3, 0.4) is 0 Å². The van der Waals surface area contributed by atoms with Crippen molar-refractivity contribution in [2.24, 2.45) is 12.1 Å². The molecule has 1 aromatic carbocycles. The molecular weight excluding hydrogens is 336 g/mol. The minimum absolute atomic E-state index is 0.171. The Bertz CT molecular complexity index is 1110. The maximum Gasteiger partial charge on any atom is 0.330 e. The molecule has 0 bridgehead atoms. The van der Waals surface area contributed by atoms with Gasteiger partial charge in [0.25, 0.3) is 11.5 Å². The van der Waals surface area contributed by atoms with Crippen LogP contribution in [0.1, 0.15) is 23.6 Å². The monoisotopic (exact) mass is 354 g/mol. The number of aromatic amines is 1. The quantitative estimate of drug-likeness (QED) is 0.790. The summed E-state index contributed by atoms with van der Waals surface area (Å²) in [4.78, 5) is 38.4. The Morgan fingerprint density at radius 3 is 2.50 bits per heavy atom. The summed E-state index contributed by atoms with van der Waals surface area (Å²) in [5.74, 6) is -0.932. The molecule has 0 unspecified atom stereocenters. The van der Waals surface area contributed by atoms with E-state index in [2.05, 4.69) is 10.1 Å². The van der Waals surface area contributed by atoms with Crippen molar-refractivity contribution in [2.75, 3.05) is 5.01 Å². The summed E-state index contributed by atoms with van der Waals surface area (Å²) in [5, 5.41) is 15.6. The number of hydrogen-bond donors (Lipinski definition) is 2. The maximum absolute atomic E-state index is 12.8. The SMILES string of the molecule is CC1=NN(c2ccc(C)cc2C)C(=O)C1=Cc1c(O)n(C)c(=O)[nH]c1=O. The number of hydrogen-bond acceptors (Lipinski definition) is 5. The number of amides is 1. The van der Waals surface area contributed by atoms with Crippen molar-refractivity contribution < 1.29 is 9.90 Å². The van der Waals surface area contributed by atoms with Crippen LogP contribution in [0, 0.1) is 13.8 Å². The zero-order valence-electron chi connectivity index (χ0n) is 14.8. The van der Waals surface area contributed by atoms with E-state index >= 15 is 0 Å². The molecule has 1 aromatic heterocycles. The van der Waals surface area contributed by atoms with E-state index in [0.717, 1.165) is 15.7 Å². The Labute approximate surface area is 148 Å². The van der Waals surface area contributed by atoms with E-state index in [0.29, 0.717) is 11.4 Å². The van der Waals surface area contributed by atoms with E-state index in [1.165, 1.54) is 18.1 Å². The van der Waals surface area contributed by atoms with Gasteiger partial charge in [-0.25, -0.2) is 4.79 Å². The fraction of sp³-hybridized carbons (Fsp3) is 0.222. The van der Waals surface area contributed by atoms with Crippen LogP contribution in [0.4, 0.5) is 5.69 Å². The number of aromatic nitrogens is 2. The van der Waals surface area contributed by atoms with Crippen molar-refractivity contribution in [3.63, 3.8) is 0 Å². The molecule has 1 aliphatic heterocycles. The first kappa shape index (κ1) is 17.4. The molecule has 2 N–H and O–H groups in total. The number of carbonyl (C=O) groups excluding carboxylic acids is 1. The Hall–Kier alpha value is -3.42. The van der Waals surface area contributed by atoms with Crippen LogP contribution in [0.15, 0.2) is 38.5 Å². The van der Waals surface area contributed by atoms with Crippen LogP contribution in [-0.4, -0.2) is 26.3 Å². The van der Waals surface area contributed by atoms with E-state index in [1.807, 2.05) is 26.0 Å². The molecule has 2 aromatic rings. The van der Waals surface area contributed by atoms with Crippen molar-refractivity contribution in [1.82, 2.24) is 9.55 Å². The number of benzene rings is 1. The fourth-order valence-electron chi connectivity index (χ4n) is 2.79. The predicted octanol–water partition coefficient (Wildman–Crippen LogP) is 1.20. The largest absolute Gasteiger partial charge is 0.494 e. The van der Waals surface area contributed by atoms with Gasteiger partial charge in [0.15, 0.2) is 0 Å². The van der Waals surface area contributed by atoms with Gasteiger partial charge in [0, 0.05) is 7.05 Å². The molecule has 0 atom stereocenters. The van der Waals surface area contributed by atoms with Gasteiger partial charge in [-0.1, -0.05) is 17.7 Å². The molecule has 2 heterocycles. The highest BCUT2D eigenvalue weighted by Crippen LogP contribution is 2.28. The lowest BCUT2D eigenvalue weighted by Gasteiger charge is -2.15. The number of aryl methyl sites for hydroxylation is 2.